The lowest BCUT2D eigenvalue weighted by Gasteiger charge is -2.11. The number of hydrogen-bond acceptors (Lipinski definition) is 2. The van der Waals surface area contributed by atoms with E-state index in [9.17, 15) is 4.79 Å². The fourth-order valence-electron chi connectivity index (χ4n) is 1.27. The largest absolute Gasteiger partial charge is 0.476 e. The highest BCUT2D eigenvalue weighted by Gasteiger charge is 2.14. The average Bonchev–Trinajstić information content (AvgIpc) is 2.70. The summed E-state index contributed by atoms with van der Waals surface area (Å²) in [5, 5.41) is 13.0. The Morgan fingerprint density at radius 2 is 2.07 bits per heavy atom. The molecule has 1 aliphatic rings. The molecule has 1 aromatic rings. The zero-order valence-corrected chi connectivity index (χ0v) is 8.19. The smallest absolute Gasteiger partial charge is 0.355 e. The van der Waals surface area contributed by atoms with Crippen molar-refractivity contribution in [2.45, 2.75) is 4.90 Å². The molecule has 14 heavy (non-hydrogen) atoms. The van der Waals surface area contributed by atoms with Crippen molar-refractivity contribution in [3.8, 4) is 0 Å². The maximum absolute atomic E-state index is 10.9. The summed E-state index contributed by atoms with van der Waals surface area (Å²) in [4.78, 5) is 15.6. The Hall–Kier alpha value is -1.55. The first kappa shape index (κ1) is 9.02. The number of allylic oxidation sites excluding steroid dienone is 2. The second kappa shape index (κ2) is 3.67. The Bertz CT molecular complexity index is 414. The van der Waals surface area contributed by atoms with E-state index in [1.165, 1.54) is 6.20 Å². The van der Waals surface area contributed by atoms with Crippen molar-refractivity contribution in [1.82, 2.24) is 4.98 Å². The standard InChI is InChI=1S/C10H9NO2S/c12-10(13)9-8(4-3-5-11-9)14-6-1-2-7-14/h1-7,14H,(H,12,13). The van der Waals surface area contributed by atoms with Crippen molar-refractivity contribution in [2.75, 3.05) is 0 Å². The molecule has 3 nitrogen and oxygen atoms in total. The molecule has 0 saturated carbocycles. The van der Waals surface area contributed by atoms with Crippen LogP contribution in [0.3, 0.4) is 0 Å². The minimum atomic E-state index is -0.961. The molecular formula is C10H9NO2S. The van der Waals surface area contributed by atoms with E-state index in [-0.39, 0.29) is 5.69 Å². The first-order chi connectivity index (χ1) is 6.79. The van der Waals surface area contributed by atoms with Crippen LogP contribution >= 0.6 is 10.9 Å². The third kappa shape index (κ3) is 1.56. The number of aromatic nitrogens is 1. The van der Waals surface area contributed by atoms with Gasteiger partial charge in [-0.2, -0.15) is 10.9 Å². The maximum atomic E-state index is 10.9. The lowest BCUT2D eigenvalue weighted by Crippen LogP contribution is -2.02. The van der Waals surface area contributed by atoms with Crippen molar-refractivity contribution < 1.29 is 9.90 Å². The van der Waals surface area contributed by atoms with Gasteiger partial charge in [0.2, 0.25) is 0 Å². The molecule has 0 radical (unpaired) electrons. The highest BCUT2D eigenvalue weighted by Crippen LogP contribution is 2.42. The van der Waals surface area contributed by atoms with Gasteiger partial charge in [0.1, 0.15) is 0 Å². The molecule has 2 rings (SSSR count). The van der Waals surface area contributed by atoms with Crippen LogP contribution in [0.2, 0.25) is 0 Å². The van der Waals surface area contributed by atoms with Crippen LogP contribution in [0.25, 0.3) is 0 Å². The molecular weight excluding hydrogens is 198 g/mol. The van der Waals surface area contributed by atoms with Crippen LogP contribution < -0.4 is 0 Å². The van der Waals surface area contributed by atoms with Crippen LogP contribution in [-0.4, -0.2) is 16.1 Å². The third-order valence-electron chi connectivity index (χ3n) is 1.87. The van der Waals surface area contributed by atoms with Crippen molar-refractivity contribution in [3.63, 3.8) is 0 Å². The second-order valence-electron chi connectivity index (χ2n) is 2.77. The molecule has 1 N–H and O–H groups in total. The summed E-state index contributed by atoms with van der Waals surface area (Å²) in [6, 6.07) is 3.59. The molecule has 0 atom stereocenters. The number of aromatic carboxylic acids is 1. The first-order valence-corrected chi connectivity index (χ1v) is 5.58. The van der Waals surface area contributed by atoms with E-state index < -0.39 is 16.9 Å². The van der Waals surface area contributed by atoms with Crippen LogP contribution in [0, 0.1) is 0 Å². The average molecular weight is 207 g/mol. The van der Waals surface area contributed by atoms with E-state index in [1.807, 2.05) is 29.0 Å². The Kier molecular flexibility index (Phi) is 2.37. The molecule has 4 heteroatoms. The first-order valence-electron chi connectivity index (χ1n) is 4.10. The summed E-state index contributed by atoms with van der Waals surface area (Å²) >= 11 is 0. The van der Waals surface area contributed by atoms with Gasteiger partial charge in [-0.15, -0.1) is 0 Å². The summed E-state index contributed by atoms with van der Waals surface area (Å²) < 4.78 is 0. The van der Waals surface area contributed by atoms with Gasteiger partial charge in [0.05, 0.1) is 0 Å². The van der Waals surface area contributed by atoms with Crippen molar-refractivity contribution in [3.05, 3.63) is 47.0 Å². The van der Waals surface area contributed by atoms with Gasteiger partial charge in [-0.25, -0.2) is 9.78 Å². The van der Waals surface area contributed by atoms with Gasteiger partial charge in [0.25, 0.3) is 0 Å². The fourth-order valence-corrected chi connectivity index (χ4v) is 2.91. The number of nitrogens with zero attached hydrogens (tertiary/aromatic N) is 1. The Morgan fingerprint density at radius 3 is 2.71 bits per heavy atom. The summed E-state index contributed by atoms with van der Waals surface area (Å²) in [5.74, 6) is -0.961. The van der Waals surface area contributed by atoms with Crippen molar-refractivity contribution in [1.29, 1.82) is 0 Å². The van der Waals surface area contributed by atoms with E-state index in [0.717, 1.165) is 4.90 Å². The Labute approximate surface area is 84.1 Å². The molecule has 0 unspecified atom stereocenters. The fraction of sp³-hybridized carbons (Fsp3) is 0. The van der Waals surface area contributed by atoms with Crippen LogP contribution in [0.15, 0.2) is 46.2 Å². The summed E-state index contributed by atoms with van der Waals surface area (Å²) in [7, 11) is -0.598. The number of carboxylic acid groups (broad SMARTS) is 1. The lowest BCUT2D eigenvalue weighted by atomic mass is 10.3. The van der Waals surface area contributed by atoms with Crippen LogP contribution in [0.5, 0.6) is 0 Å². The van der Waals surface area contributed by atoms with Gasteiger partial charge >= 0.3 is 5.97 Å². The molecule has 1 aliphatic heterocycles. The van der Waals surface area contributed by atoms with Crippen LogP contribution in [0.1, 0.15) is 10.5 Å². The molecule has 2 heterocycles. The molecule has 0 spiro atoms. The maximum Gasteiger partial charge on any atom is 0.355 e. The van der Waals surface area contributed by atoms with E-state index in [0.29, 0.717) is 0 Å². The van der Waals surface area contributed by atoms with Crippen molar-refractivity contribution in [2.24, 2.45) is 0 Å². The van der Waals surface area contributed by atoms with Crippen molar-refractivity contribution >= 4 is 16.9 Å². The predicted octanol–water partition coefficient (Wildman–Crippen LogP) is 2.18. The molecule has 1 aromatic heterocycles. The van der Waals surface area contributed by atoms with Gasteiger partial charge < -0.3 is 5.11 Å². The summed E-state index contributed by atoms with van der Waals surface area (Å²) in [6.07, 6.45) is 5.38. The third-order valence-corrected chi connectivity index (χ3v) is 3.78. The SMILES string of the molecule is O=C(O)c1ncccc1[SH]1C=CC=C1. The van der Waals surface area contributed by atoms with E-state index in [4.69, 9.17) is 5.11 Å². The van der Waals surface area contributed by atoms with Gasteiger partial charge in [-0.3, -0.25) is 0 Å². The lowest BCUT2D eigenvalue weighted by molar-refractivity contribution is 0.0686. The number of hydrogen-bond donors (Lipinski definition) is 2. The van der Waals surface area contributed by atoms with Crippen LogP contribution in [0.4, 0.5) is 0 Å². The monoisotopic (exact) mass is 207 g/mol. The van der Waals surface area contributed by atoms with Gasteiger partial charge in [0.15, 0.2) is 5.69 Å². The normalized spacial score (nSPS) is 16.1. The molecule has 72 valence electrons. The molecule has 0 bridgehead atoms. The topological polar surface area (TPSA) is 50.2 Å². The predicted molar refractivity (Wildman–Crippen MR) is 56.7 cm³/mol. The minimum absolute atomic E-state index is 0.162. The highest BCUT2D eigenvalue weighted by molar-refractivity contribution is 8.22. The number of thiol groups is 1. The molecule has 0 fully saturated rings. The quantitative estimate of drug-likeness (QED) is 0.731. The Morgan fingerprint density at radius 1 is 1.36 bits per heavy atom. The van der Waals surface area contributed by atoms with Crippen LogP contribution in [-0.2, 0) is 0 Å². The van der Waals surface area contributed by atoms with Gasteiger partial charge in [-0.05, 0) is 22.9 Å². The second-order valence-corrected chi connectivity index (χ2v) is 4.66. The Balaban J connectivity index is 2.46. The highest BCUT2D eigenvalue weighted by atomic mass is 32.2. The zero-order chi connectivity index (χ0) is 9.97. The van der Waals surface area contributed by atoms with Gasteiger partial charge in [-0.1, -0.05) is 12.2 Å². The summed E-state index contributed by atoms with van der Waals surface area (Å²) in [6.45, 7) is 0. The number of carbonyl (C=O) groups is 1. The number of carboxylic acids is 1. The number of rotatable bonds is 2. The van der Waals surface area contributed by atoms with Gasteiger partial charge in [0, 0.05) is 11.1 Å². The summed E-state index contributed by atoms with van der Waals surface area (Å²) in [5.41, 5.74) is 0.162. The molecule has 0 aliphatic carbocycles. The number of pyridine rings is 1. The zero-order valence-electron chi connectivity index (χ0n) is 7.29. The minimum Gasteiger partial charge on any atom is -0.476 e. The van der Waals surface area contributed by atoms with E-state index >= 15 is 0 Å². The van der Waals surface area contributed by atoms with E-state index in [2.05, 4.69) is 4.98 Å². The van der Waals surface area contributed by atoms with E-state index in [1.54, 1.807) is 6.07 Å². The molecule has 0 saturated heterocycles. The molecule has 0 amide bonds. The molecule has 0 aromatic carbocycles.